The molecule has 3 aromatic carbocycles. The lowest BCUT2D eigenvalue weighted by molar-refractivity contribution is 0.105. The summed E-state index contributed by atoms with van der Waals surface area (Å²) in [7, 11) is 0. The maximum Gasteiger partial charge on any atom is 0.227 e. The van der Waals surface area contributed by atoms with E-state index in [1.165, 1.54) is 18.4 Å². The van der Waals surface area contributed by atoms with Gasteiger partial charge in [0.2, 0.25) is 5.88 Å². The van der Waals surface area contributed by atoms with E-state index in [2.05, 4.69) is 55.1 Å². The molecule has 0 aliphatic heterocycles. The first-order valence-corrected chi connectivity index (χ1v) is 13.4. The molecule has 1 heterocycles. The lowest BCUT2D eigenvalue weighted by atomic mass is 10.1. The van der Waals surface area contributed by atoms with Crippen molar-refractivity contribution in [3.8, 4) is 17.3 Å². The summed E-state index contributed by atoms with van der Waals surface area (Å²) in [6, 6.07) is 28.6. The number of aryl methyl sites for hydroxylation is 2. The summed E-state index contributed by atoms with van der Waals surface area (Å²) in [4.78, 5) is 2.40. The second-order valence-electron chi connectivity index (χ2n) is 10.2. The van der Waals surface area contributed by atoms with Crippen LogP contribution < -0.4 is 4.74 Å². The Morgan fingerprint density at radius 1 is 0.973 bits per heavy atom. The molecule has 0 amide bonds. The molecule has 1 fully saturated rings. The molecular formula is C32H37N3O2. The fourth-order valence-electron chi connectivity index (χ4n) is 4.83. The van der Waals surface area contributed by atoms with Gasteiger partial charge in [-0.25, -0.2) is 4.68 Å². The fourth-order valence-corrected chi connectivity index (χ4v) is 4.83. The zero-order valence-corrected chi connectivity index (χ0v) is 21.9. The average Bonchev–Trinajstić information content (AvgIpc) is 3.67. The third-order valence-electron chi connectivity index (χ3n) is 6.97. The van der Waals surface area contributed by atoms with Crippen LogP contribution in [0, 0.1) is 12.8 Å². The average molecular weight is 496 g/mol. The van der Waals surface area contributed by atoms with Crippen molar-refractivity contribution < 1.29 is 9.84 Å². The van der Waals surface area contributed by atoms with Crippen molar-refractivity contribution in [2.75, 3.05) is 13.1 Å². The van der Waals surface area contributed by atoms with E-state index in [1.807, 2.05) is 53.2 Å². The first-order chi connectivity index (χ1) is 18.1. The smallest absolute Gasteiger partial charge is 0.227 e. The molecule has 5 nitrogen and oxygen atoms in total. The number of aliphatic hydroxyl groups is 1. The Balaban J connectivity index is 1.46. The molecule has 1 aromatic heterocycles. The standard InChI is InChI=1S/C32H37N3O2/c1-3-31-30(23-34(21-26-16-17-26)22-28(36)20-25-10-6-4-7-11-25)32(37-29-18-14-24(2)15-19-29)35(33-31)27-12-8-5-9-13-27/h4-15,18-19,26,28,36H,3,16-17,20-23H2,1-2H3/t28-/m0/s1. The molecular weight excluding hydrogens is 458 g/mol. The van der Waals surface area contributed by atoms with Gasteiger partial charge < -0.3 is 9.84 Å². The Labute approximate surface area is 220 Å². The van der Waals surface area contributed by atoms with Crippen molar-refractivity contribution in [2.45, 2.75) is 52.2 Å². The van der Waals surface area contributed by atoms with Crippen molar-refractivity contribution in [2.24, 2.45) is 5.92 Å². The van der Waals surface area contributed by atoms with E-state index in [4.69, 9.17) is 9.84 Å². The highest BCUT2D eigenvalue weighted by Gasteiger charge is 2.28. The van der Waals surface area contributed by atoms with Crippen LogP contribution in [0.2, 0.25) is 0 Å². The van der Waals surface area contributed by atoms with Crippen molar-refractivity contribution in [1.82, 2.24) is 14.7 Å². The first-order valence-electron chi connectivity index (χ1n) is 13.4. The van der Waals surface area contributed by atoms with Crippen LogP contribution in [0.3, 0.4) is 0 Å². The van der Waals surface area contributed by atoms with Gasteiger partial charge in [0.25, 0.3) is 0 Å². The molecule has 0 saturated heterocycles. The van der Waals surface area contributed by atoms with Gasteiger partial charge in [-0.3, -0.25) is 4.90 Å². The third-order valence-corrected chi connectivity index (χ3v) is 6.97. The van der Waals surface area contributed by atoms with E-state index in [1.54, 1.807) is 0 Å². The van der Waals surface area contributed by atoms with Crippen molar-refractivity contribution in [3.05, 3.63) is 107 Å². The largest absolute Gasteiger partial charge is 0.439 e. The topological polar surface area (TPSA) is 50.5 Å². The lowest BCUT2D eigenvalue weighted by Gasteiger charge is -2.26. The Kier molecular flexibility index (Phi) is 8.02. The summed E-state index contributed by atoms with van der Waals surface area (Å²) in [6.07, 6.45) is 3.56. The van der Waals surface area contributed by atoms with Gasteiger partial charge in [0, 0.05) is 19.6 Å². The molecule has 0 radical (unpaired) electrons. The predicted molar refractivity (Wildman–Crippen MR) is 148 cm³/mol. The lowest BCUT2D eigenvalue weighted by Crippen LogP contribution is -2.35. The Morgan fingerprint density at radius 3 is 2.30 bits per heavy atom. The molecule has 37 heavy (non-hydrogen) atoms. The van der Waals surface area contributed by atoms with E-state index in [0.717, 1.165) is 47.1 Å². The number of hydrogen-bond donors (Lipinski definition) is 1. The number of aromatic nitrogens is 2. The number of para-hydroxylation sites is 1. The van der Waals surface area contributed by atoms with Crippen LogP contribution in [0.1, 0.15) is 42.1 Å². The quantitative estimate of drug-likeness (QED) is 0.249. The Hall–Kier alpha value is -3.41. The highest BCUT2D eigenvalue weighted by Crippen LogP contribution is 2.35. The van der Waals surface area contributed by atoms with Crippen LogP contribution in [-0.2, 0) is 19.4 Å². The molecule has 0 spiro atoms. The van der Waals surface area contributed by atoms with Gasteiger partial charge in [0.1, 0.15) is 5.75 Å². The number of ether oxygens (including phenoxy) is 1. The summed E-state index contributed by atoms with van der Waals surface area (Å²) in [5.41, 5.74) is 5.46. The van der Waals surface area contributed by atoms with Crippen LogP contribution in [-0.4, -0.2) is 39.0 Å². The third kappa shape index (κ3) is 6.68. The zero-order valence-electron chi connectivity index (χ0n) is 21.9. The van der Waals surface area contributed by atoms with Crippen molar-refractivity contribution >= 4 is 0 Å². The molecule has 192 valence electrons. The number of benzene rings is 3. The van der Waals surface area contributed by atoms with E-state index >= 15 is 0 Å². The maximum absolute atomic E-state index is 11.0. The minimum atomic E-state index is -0.433. The van der Waals surface area contributed by atoms with E-state index in [9.17, 15) is 5.11 Å². The second kappa shape index (κ2) is 11.8. The highest BCUT2D eigenvalue weighted by atomic mass is 16.5. The number of aliphatic hydroxyl groups excluding tert-OH is 1. The van der Waals surface area contributed by atoms with Gasteiger partial charge in [-0.2, -0.15) is 5.10 Å². The normalized spacial score (nSPS) is 14.2. The molecule has 0 unspecified atom stereocenters. The summed E-state index contributed by atoms with van der Waals surface area (Å²) in [6.45, 7) is 6.52. The summed E-state index contributed by atoms with van der Waals surface area (Å²) in [5.74, 6) is 2.26. The monoisotopic (exact) mass is 495 g/mol. The van der Waals surface area contributed by atoms with E-state index < -0.39 is 6.10 Å². The molecule has 1 aliphatic rings. The fraction of sp³-hybridized carbons (Fsp3) is 0.344. The van der Waals surface area contributed by atoms with Crippen LogP contribution in [0.15, 0.2) is 84.9 Å². The predicted octanol–water partition coefficient (Wildman–Crippen LogP) is 6.35. The summed E-state index contributed by atoms with van der Waals surface area (Å²) >= 11 is 0. The second-order valence-corrected chi connectivity index (χ2v) is 10.2. The molecule has 1 atom stereocenters. The highest BCUT2D eigenvalue weighted by molar-refractivity contribution is 5.44. The van der Waals surface area contributed by atoms with E-state index in [0.29, 0.717) is 25.4 Å². The van der Waals surface area contributed by atoms with Gasteiger partial charge in [0.05, 0.1) is 23.0 Å². The van der Waals surface area contributed by atoms with E-state index in [-0.39, 0.29) is 0 Å². The van der Waals surface area contributed by atoms with Crippen LogP contribution >= 0.6 is 0 Å². The number of rotatable bonds is 12. The summed E-state index contributed by atoms with van der Waals surface area (Å²) in [5, 5.41) is 16.0. The zero-order chi connectivity index (χ0) is 25.6. The van der Waals surface area contributed by atoms with Crippen LogP contribution in [0.4, 0.5) is 0 Å². The molecule has 4 aromatic rings. The minimum absolute atomic E-state index is 0.433. The van der Waals surface area contributed by atoms with Gasteiger partial charge in [-0.1, -0.05) is 73.2 Å². The summed E-state index contributed by atoms with van der Waals surface area (Å²) < 4.78 is 8.50. The first kappa shape index (κ1) is 25.2. The van der Waals surface area contributed by atoms with Gasteiger partial charge in [-0.05, 0) is 68.4 Å². The molecule has 0 bridgehead atoms. The van der Waals surface area contributed by atoms with Gasteiger partial charge in [-0.15, -0.1) is 0 Å². The molecule has 1 saturated carbocycles. The molecule has 1 aliphatic carbocycles. The van der Waals surface area contributed by atoms with Crippen LogP contribution in [0.5, 0.6) is 11.6 Å². The van der Waals surface area contributed by atoms with Gasteiger partial charge in [0.15, 0.2) is 0 Å². The van der Waals surface area contributed by atoms with Crippen molar-refractivity contribution in [3.63, 3.8) is 0 Å². The SMILES string of the molecule is CCc1nn(-c2ccccc2)c(Oc2ccc(C)cc2)c1CN(CC1CC1)C[C@@H](O)Cc1ccccc1. The molecule has 5 rings (SSSR count). The van der Waals surface area contributed by atoms with Crippen LogP contribution in [0.25, 0.3) is 5.69 Å². The number of hydrogen-bond acceptors (Lipinski definition) is 4. The maximum atomic E-state index is 11.0. The minimum Gasteiger partial charge on any atom is -0.439 e. The molecule has 5 heteroatoms. The molecule has 1 N–H and O–H groups in total. The number of nitrogens with zero attached hydrogens (tertiary/aromatic N) is 3. The Bertz CT molecular complexity index is 1260. The van der Waals surface area contributed by atoms with Crippen molar-refractivity contribution in [1.29, 1.82) is 0 Å². The van der Waals surface area contributed by atoms with Gasteiger partial charge >= 0.3 is 0 Å². The Morgan fingerprint density at radius 2 is 1.65 bits per heavy atom.